The fourth-order valence-electron chi connectivity index (χ4n) is 8.71. The minimum absolute atomic E-state index is 1.11. The molecule has 0 aliphatic heterocycles. The summed E-state index contributed by atoms with van der Waals surface area (Å²) >= 11 is 0. The smallest absolute Gasteiger partial charge is 0.0625 e. The van der Waals surface area contributed by atoms with E-state index >= 15 is 0 Å². The van der Waals surface area contributed by atoms with Crippen molar-refractivity contribution in [3.05, 3.63) is 218 Å². The molecule has 0 unspecified atom stereocenters. The summed E-state index contributed by atoms with van der Waals surface area (Å²) in [6.45, 7) is 0. The summed E-state index contributed by atoms with van der Waals surface area (Å²) in [5.74, 6) is 0. The third-order valence-electron chi connectivity index (χ3n) is 11.3. The zero-order chi connectivity index (χ0) is 37.0. The molecular weight excluding hydrogens is 677 g/mol. The first-order valence-electron chi connectivity index (χ1n) is 19.3. The molecular formula is C54H36N2. The number of benzene rings is 10. The number of aromatic nitrogens is 1. The normalized spacial score (nSPS) is 11.6. The lowest BCUT2D eigenvalue weighted by atomic mass is 9.95. The van der Waals surface area contributed by atoms with Gasteiger partial charge in [-0.1, -0.05) is 152 Å². The summed E-state index contributed by atoms with van der Waals surface area (Å²) in [5, 5.41) is 10.1. The number of anilines is 3. The minimum Gasteiger partial charge on any atom is -0.310 e. The van der Waals surface area contributed by atoms with Gasteiger partial charge in [0.1, 0.15) is 0 Å². The quantitative estimate of drug-likeness (QED) is 0.156. The second-order valence-corrected chi connectivity index (χ2v) is 14.5. The molecule has 1 heterocycles. The molecule has 0 aliphatic carbocycles. The summed E-state index contributed by atoms with van der Waals surface area (Å²) in [4.78, 5) is 2.35. The summed E-state index contributed by atoms with van der Waals surface area (Å²) in [6, 6.07) is 79.3. The van der Waals surface area contributed by atoms with E-state index in [2.05, 4.69) is 228 Å². The highest BCUT2D eigenvalue weighted by molar-refractivity contribution is 6.32. The van der Waals surface area contributed by atoms with Gasteiger partial charge in [-0.05, 0) is 116 Å². The second-order valence-electron chi connectivity index (χ2n) is 14.5. The number of para-hydroxylation sites is 2. The van der Waals surface area contributed by atoms with E-state index in [0.29, 0.717) is 0 Å². The van der Waals surface area contributed by atoms with E-state index < -0.39 is 0 Å². The van der Waals surface area contributed by atoms with Gasteiger partial charge in [0.2, 0.25) is 0 Å². The van der Waals surface area contributed by atoms with Gasteiger partial charge in [-0.25, -0.2) is 0 Å². The first-order chi connectivity index (χ1) is 27.8. The number of fused-ring (bicyclic) bond motifs is 9. The minimum atomic E-state index is 1.11. The third-order valence-corrected chi connectivity index (χ3v) is 11.3. The molecule has 0 fully saturated rings. The molecule has 0 saturated carbocycles. The molecule has 1 aromatic heterocycles. The van der Waals surface area contributed by atoms with Crippen molar-refractivity contribution >= 4 is 71.2 Å². The van der Waals surface area contributed by atoms with Gasteiger partial charge in [-0.2, -0.15) is 0 Å². The molecule has 0 N–H and O–H groups in total. The van der Waals surface area contributed by atoms with E-state index in [-0.39, 0.29) is 0 Å². The van der Waals surface area contributed by atoms with Crippen LogP contribution in [-0.4, -0.2) is 4.57 Å². The molecule has 0 saturated heterocycles. The van der Waals surface area contributed by atoms with Crippen LogP contribution in [0.15, 0.2) is 218 Å². The van der Waals surface area contributed by atoms with Crippen molar-refractivity contribution in [3.63, 3.8) is 0 Å². The van der Waals surface area contributed by atoms with Gasteiger partial charge in [-0.15, -0.1) is 0 Å². The standard InChI is InChI=1S/C54H36N2/c1-4-14-37(15-5-1)39-24-25-41-35-46(32-28-40(41)34-39)55(43-16-6-2-7-17-43)45-30-26-38(27-31-45)42-29-33-52-51(36-42)53-49-22-12-10-20-47(49)48-21-11-13-23-50(48)54(53)56(52)44-18-8-3-9-19-44/h1-36H. The summed E-state index contributed by atoms with van der Waals surface area (Å²) < 4.78 is 2.45. The highest BCUT2D eigenvalue weighted by Gasteiger charge is 2.20. The Morgan fingerprint density at radius 1 is 0.304 bits per heavy atom. The van der Waals surface area contributed by atoms with Crippen LogP contribution >= 0.6 is 0 Å². The predicted octanol–water partition coefficient (Wildman–Crippen LogP) is 15.0. The van der Waals surface area contributed by atoms with Crippen molar-refractivity contribution in [2.24, 2.45) is 0 Å². The Labute approximate surface area is 325 Å². The molecule has 11 aromatic rings. The topological polar surface area (TPSA) is 8.17 Å². The summed E-state index contributed by atoms with van der Waals surface area (Å²) in [6.07, 6.45) is 0. The fourth-order valence-corrected chi connectivity index (χ4v) is 8.71. The van der Waals surface area contributed by atoms with Crippen LogP contribution in [0.2, 0.25) is 0 Å². The largest absolute Gasteiger partial charge is 0.310 e. The molecule has 262 valence electrons. The van der Waals surface area contributed by atoms with Gasteiger partial charge in [0.25, 0.3) is 0 Å². The van der Waals surface area contributed by atoms with Crippen LogP contribution in [-0.2, 0) is 0 Å². The molecule has 0 atom stereocenters. The van der Waals surface area contributed by atoms with Crippen LogP contribution in [0.4, 0.5) is 17.1 Å². The summed E-state index contributed by atoms with van der Waals surface area (Å²) in [5.41, 5.74) is 11.8. The molecule has 0 radical (unpaired) electrons. The first kappa shape index (κ1) is 32.0. The van der Waals surface area contributed by atoms with Crippen LogP contribution < -0.4 is 4.90 Å². The zero-order valence-electron chi connectivity index (χ0n) is 30.7. The third kappa shape index (κ3) is 5.26. The van der Waals surface area contributed by atoms with E-state index in [1.807, 2.05) is 0 Å². The SMILES string of the molecule is c1ccc(-c2ccc3cc(N(c4ccccc4)c4ccc(-c5ccc6c(c5)c5c7ccccc7c7ccccc7c5n6-c5ccccc5)cc4)ccc3c2)cc1. The van der Waals surface area contributed by atoms with Crippen molar-refractivity contribution < 1.29 is 0 Å². The van der Waals surface area contributed by atoms with Gasteiger partial charge in [0, 0.05) is 38.9 Å². The molecule has 2 heteroatoms. The van der Waals surface area contributed by atoms with Crippen molar-refractivity contribution in [1.29, 1.82) is 0 Å². The maximum Gasteiger partial charge on any atom is 0.0625 e. The van der Waals surface area contributed by atoms with Crippen molar-refractivity contribution in [1.82, 2.24) is 4.57 Å². The van der Waals surface area contributed by atoms with E-state index in [1.165, 1.54) is 76.4 Å². The lowest BCUT2D eigenvalue weighted by Crippen LogP contribution is -2.09. The molecule has 56 heavy (non-hydrogen) atoms. The fraction of sp³-hybridized carbons (Fsp3) is 0. The van der Waals surface area contributed by atoms with E-state index in [0.717, 1.165) is 22.7 Å². The van der Waals surface area contributed by atoms with Crippen molar-refractivity contribution in [2.75, 3.05) is 4.90 Å². The number of hydrogen-bond acceptors (Lipinski definition) is 1. The van der Waals surface area contributed by atoms with Gasteiger partial charge >= 0.3 is 0 Å². The van der Waals surface area contributed by atoms with Crippen LogP contribution in [0.25, 0.3) is 82.1 Å². The van der Waals surface area contributed by atoms with Crippen LogP contribution in [0, 0.1) is 0 Å². The number of rotatable bonds is 6. The van der Waals surface area contributed by atoms with Crippen molar-refractivity contribution in [3.8, 4) is 27.9 Å². The lowest BCUT2D eigenvalue weighted by Gasteiger charge is -2.26. The predicted molar refractivity (Wildman–Crippen MR) is 239 cm³/mol. The molecule has 2 nitrogen and oxygen atoms in total. The van der Waals surface area contributed by atoms with Gasteiger partial charge < -0.3 is 9.47 Å². The van der Waals surface area contributed by atoms with Gasteiger partial charge in [0.05, 0.1) is 11.0 Å². The molecule has 10 aromatic carbocycles. The molecule has 0 amide bonds. The average Bonchev–Trinajstić information content (AvgIpc) is 3.63. The molecule has 11 rings (SSSR count). The van der Waals surface area contributed by atoms with E-state index in [1.54, 1.807) is 0 Å². The number of nitrogens with zero attached hydrogens (tertiary/aromatic N) is 2. The first-order valence-corrected chi connectivity index (χ1v) is 19.3. The van der Waals surface area contributed by atoms with Crippen LogP contribution in [0.1, 0.15) is 0 Å². The van der Waals surface area contributed by atoms with Crippen LogP contribution in [0.5, 0.6) is 0 Å². The average molecular weight is 713 g/mol. The summed E-state index contributed by atoms with van der Waals surface area (Å²) in [7, 11) is 0. The lowest BCUT2D eigenvalue weighted by molar-refractivity contribution is 1.19. The molecule has 0 spiro atoms. The monoisotopic (exact) mass is 712 g/mol. The van der Waals surface area contributed by atoms with Crippen LogP contribution in [0.3, 0.4) is 0 Å². The van der Waals surface area contributed by atoms with Gasteiger partial charge in [0.15, 0.2) is 0 Å². The Morgan fingerprint density at radius 2 is 0.804 bits per heavy atom. The second kappa shape index (κ2) is 13.2. The Balaban J connectivity index is 1.04. The zero-order valence-corrected chi connectivity index (χ0v) is 30.7. The molecule has 0 aliphatic rings. The maximum absolute atomic E-state index is 2.45. The van der Waals surface area contributed by atoms with E-state index in [4.69, 9.17) is 0 Å². The van der Waals surface area contributed by atoms with Crippen molar-refractivity contribution in [2.45, 2.75) is 0 Å². The molecule has 0 bridgehead atoms. The highest BCUT2D eigenvalue weighted by atomic mass is 15.1. The Bertz CT molecular complexity index is 3220. The maximum atomic E-state index is 2.45. The highest BCUT2D eigenvalue weighted by Crippen LogP contribution is 2.44. The van der Waals surface area contributed by atoms with E-state index in [9.17, 15) is 0 Å². The Hall–Kier alpha value is -7.42. The number of hydrogen-bond donors (Lipinski definition) is 0. The van der Waals surface area contributed by atoms with Gasteiger partial charge in [-0.3, -0.25) is 0 Å². The Morgan fingerprint density at radius 3 is 1.55 bits per heavy atom. The Kier molecular flexibility index (Phi) is 7.53.